The molecule has 0 aromatic rings. The van der Waals surface area contributed by atoms with Crippen LogP contribution in [-0.2, 0) is 4.79 Å². The molecule has 0 aromatic carbocycles. The Kier molecular flexibility index (Phi) is 4.33. The lowest BCUT2D eigenvalue weighted by Gasteiger charge is -2.23. The molecular weight excluding hydrogens is 262 g/mol. The molecule has 0 spiro atoms. The molecule has 4 atom stereocenters. The van der Waals surface area contributed by atoms with E-state index in [2.05, 4.69) is 23.1 Å². The van der Waals surface area contributed by atoms with Gasteiger partial charge in [-0.2, -0.15) is 0 Å². The maximum absolute atomic E-state index is 13.5. The first kappa shape index (κ1) is 15.2. The summed E-state index contributed by atoms with van der Waals surface area (Å²) in [6.07, 6.45) is 6.92. The van der Waals surface area contributed by atoms with Crippen molar-refractivity contribution in [1.82, 2.24) is 10.2 Å². The third kappa shape index (κ3) is 2.80. The average molecular weight is 284 g/mol. The number of nitrogens with one attached hydrogen (secondary N) is 1. The topological polar surface area (TPSA) is 32.3 Å². The van der Waals surface area contributed by atoms with Crippen LogP contribution < -0.4 is 5.32 Å². The first-order valence-electron chi connectivity index (χ1n) is 7.20. The van der Waals surface area contributed by atoms with Gasteiger partial charge < -0.3 is 5.32 Å². The van der Waals surface area contributed by atoms with Crippen LogP contribution in [0.3, 0.4) is 0 Å². The van der Waals surface area contributed by atoms with Gasteiger partial charge in [-0.25, -0.2) is 8.78 Å². The molecule has 1 N–H and O–H groups in total. The van der Waals surface area contributed by atoms with Gasteiger partial charge in [0.25, 0.3) is 5.92 Å². The highest BCUT2D eigenvalue weighted by atomic mass is 19.3. The van der Waals surface area contributed by atoms with E-state index in [9.17, 15) is 13.6 Å². The van der Waals surface area contributed by atoms with Gasteiger partial charge in [0, 0.05) is 24.9 Å². The maximum atomic E-state index is 13.5. The van der Waals surface area contributed by atoms with Crippen molar-refractivity contribution in [2.24, 2.45) is 11.8 Å². The van der Waals surface area contributed by atoms with Gasteiger partial charge in [0.15, 0.2) is 0 Å². The Bertz CT molecular complexity index is 419. The molecule has 1 heterocycles. The monoisotopic (exact) mass is 284 g/mol. The van der Waals surface area contributed by atoms with Crippen molar-refractivity contribution < 1.29 is 13.6 Å². The molecule has 3 nitrogen and oxygen atoms in total. The first-order valence-corrected chi connectivity index (χ1v) is 7.20. The maximum Gasteiger partial charge on any atom is 0.259 e. The van der Waals surface area contributed by atoms with Crippen molar-refractivity contribution in [3.05, 3.63) is 0 Å². The Balaban J connectivity index is 1.90. The summed E-state index contributed by atoms with van der Waals surface area (Å²) in [6.45, 7) is 2.46. The predicted molar refractivity (Wildman–Crippen MR) is 73.3 cm³/mol. The number of likely N-dealkylation sites (tertiary alicyclic amines) is 1. The number of carbonyl (C=O) groups is 1. The number of rotatable bonds is 3. The van der Waals surface area contributed by atoms with E-state index in [1.807, 2.05) is 7.05 Å². The lowest BCUT2D eigenvalue weighted by molar-refractivity contribution is -0.136. The van der Waals surface area contributed by atoms with Crippen LogP contribution in [0, 0.1) is 24.2 Å². The van der Waals surface area contributed by atoms with E-state index in [1.54, 1.807) is 0 Å². The third-order valence-electron chi connectivity index (χ3n) is 4.76. The minimum atomic E-state index is -2.85. The van der Waals surface area contributed by atoms with E-state index in [-0.39, 0.29) is 24.8 Å². The lowest BCUT2D eigenvalue weighted by Crippen LogP contribution is -2.42. The fraction of sp³-hybridized carbons (Fsp3) is 0.800. The molecule has 0 radical (unpaired) electrons. The van der Waals surface area contributed by atoms with Crippen LogP contribution >= 0.6 is 0 Å². The minimum Gasteiger partial charge on any atom is -0.355 e. The summed E-state index contributed by atoms with van der Waals surface area (Å²) >= 11 is 0. The quantitative estimate of drug-likeness (QED) is 0.803. The number of halogens is 2. The van der Waals surface area contributed by atoms with Gasteiger partial charge in [0.1, 0.15) is 5.92 Å². The van der Waals surface area contributed by atoms with Crippen molar-refractivity contribution in [2.45, 2.75) is 50.6 Å². The molecule has 0 aromatic heterocycles. The summed E-state index contributed by atoms with van der Waals surface area (Å²) in [6, 6.07) is 0.320. The van der Waals surface area contributed by atoms with Crippen molar-refractivity contribution in [1.29, 1.82) is 0 Å². The molecule has 2 fully saturated rings. The number of nitrogens with zero attached hydrogens (tertiary/aromatic N) is 1. The second-order valence-corrected chi connectivity index (χ2v) is 6.07. The molecule has 2 rings (SSSR count). The van der Waals surface area contributed by atoms with Gasteiger partial charge in [-0.3, -0.25) is 9.69 Å². The van der Waals surface area contributed by atoms with Gasteiger partial charge >= 0.3 is 0 Å². The van der Waals surface area contributed by atoms with Crippen molar-refractivity contribution >= 4 is 5.91 Å². The van der Waals surface area contributed by atoms with E-state index in [0.717, 1.165) is 6.42 Å². The number of alkyl halides is 2. The van der Waals surface area contributed by atoms with E-state index in [0.29, 0.717) is 19.0 Å². The third-order valence-corrected chi connectivity index (χ3v) is 4.76. The Morgan fingerprint density at radius 3 is 2.80 bits per heavy atom. The van der Waals surface area contributed by atoms with E-state index in [4.69, 9.17) is 6.42 Å². The van der Waals surface area contributed by atoms with Gasteiger partial charge in [-0.1, -0.05) is 5.92 Å². The molecule has 5 heteroatoms. The van der Waals surface area contributed by atoms with Crippen LogP contribution in [0.25, 0.3) is 0 Å². The van der Waals surface area contributed by atoms with Crippen LogP contribution in [0.5, 0.6) is 0 Å². The standard InChI is InChI=1S/C15H22F2N2O/c1-4-13-11(8-10(2)19(13)3)9-18-14(20)12-6-5-7-15(12,16)17/h1,10-13H,5-9H2,2-3H3,(H,18,20)/t10-,11-,12?,13-/m1/s1. The molecule has 1 aliphatic heterocycles. The van der Waals surface area contributed by atoms with Gasteiger partial charge in [-0.15, -0.1) is 6.42 Å². The normalized spacial score (nSPS) is 36.8. The molecule has 1 amide bonds. The van der Waals surface area contributed by atoms with E-state index in [1.165, 1.54) is 0 Å². The lowest BCUT2D eigenvalue weighted by atomic mass is 9.98. The fourth-order valence-corrected chi connectivity index (χ4v) is 3.39. The number of carbonyl (C=O) groups excluding carboxylic acids is 1. The molecule has 2 aliphatic rings. The van der Waals surface area contributed by atoms with Crippen molar-refractivity contribution in [3.63, 3.8) is 0 Å². The predicted octanol–water partition coefficient (Wildman–Crippen LogP) is 1.88. The van der Waals surface area contributed by atoms with Crippen LogP contribution in [0.15, 0.2) is 0 Å². The number of hydrogen-bond acceptors (Lipinski definition) is 2. The summed E-state index contributed by atoms with van der Waals surface area (Å²) in [5, 5.41) is 2.69. The minimum absolute atomic E-state index is 0.0330. The Labute approximate surface area is 119 Å². The second kappa shape index (κ2) is 5.69. The average Bonchev–Trinajstić information content (AvgIpc) is 2.87. The smallest absolute Gasteiger partial charge is 0.259 e. The van der Waals surface area contributed by atoms with Crippen molar-refractivity contribution in [2.75, 3.05) is 13.6 Å². The highest BCUT2D eigenvalue weighted by Crippen LogP contribution is 2.40. The van der Waals surface area contributed by atoms with E-state index < -0.39 is 17.7 Å². The number of terminal acetylenes is 1. The largest absolute Gasteiger partial charge is 0.355 e. The van der Waals surface area contributed by atoms with Crippen LogP contribution in [0.1, 0.15) is 32.6 Å². The van der Waals surface area contributed by atoms with E-state index >= 15 is 0 Å². The van der Waals surface area contributed by atoms with Crippen LogP contribution in [-0.4, -0.2) is 42.4 Å². The van der Waals surface area contributed by atoms with Gasteiger partial charge in [0.2, 0.25) is 5.91 Å². The molecule has 112 valence electrons. The van der Waals surface area contributed by atoms with Crippen LogP contribution in [0.4, 0.5) is 8.78 Å². The molecule has 1 aliphatic carbocycles. The SMILES string of the molecule is C#C[C@@H]1[C@@H](CNC(=O)C2CCCC2(F)F)C[C@@H](C)N1C. The summed E-state index contributed by atoms with van der Waals surface area (Å²) in [7, 11) is 1.96. The van der Waals surface area contributed by atoms with Gasteiger partial charge in [-0.05, 0) is 33.2 Å². The highest BCUT2D eigenvalue weighted by Gasteiger charge is 2.48. The second-order valence-electron chi connectivity index (χ2n) is 6.07. The molecule has 1 saturated carbocycles. The summed E-state index contributed by atoms with van der Waals surface area (Å²) in [4.78, 5) is 14.0. The Morgan fingerprint density at radius 2 is 2.25 bits per heavy atom. The summed E-state index contributed by atoms with van der Waals surface area (Å²) in [5.41, 5.74) is 0. The summed E-state index contributed by atoms with van der Waals surface area (Å²) < 4.78 is 27.1. The molecular formula is C15H22F2N2O. The number of hydrogen-bond donors (Lipinski definition) is 1. The number of amides is 1. The summed E-state index contributed by atoms with van der Waals surface area (Å²) in [5.74, 6) is -1.67. The Hall–Kier alpha value is -1.15. The zero-order chi connectivity index (χ0) is 14.9. The fourth-order valence-electron chi connectivity index (χ4n) is 3.39. The molecule has 1 unspecified atom stereocenters. The first-order chi connectivity index (χ1) is 9.36. The molecule has 20 heavy (non-hydrogen) atoms. The zero-order valence-corrected chi connectivity index (χ0v) is 12.0. The molecule has 1 saturated heterocycles. The molecule has 0 bridgehead atoms. The van der Waals surface area contributed by atoms with Crippen molar-refractivity contribution in [3.8, 4) is 12.3 Å². The highest BCUT2D eigenvalue weighted by molar-refractivity contribution is 5.80. The zero-order valence-electron chi connectivity index (χ0n) is 12.0. The van der Waals surface area contributed by atoms with Gasteiger partial charge in [0.05, 0.1) is 6.04 Å². The van der Waals surface area contributed by atoms with Crippen LogP contribution in [0.2, 0.25) is 0 Å². The Morgan fingerprint density at radius 1 is 1.55 bits per heavy atom.